The molecule has 1 heterocycles. The number of amides is 1. The van der Waals surface area contributed by atoms with Crippen molar-refractivity contribution in [3.05, 3.63) is 18.2 Å². The summed E-state index contributed by atoms with van der Waals surface area (Å²) in [5.74, 6) is -2.24. The van der Waals surface area contributed by atoms with Crippen molar-refractivity contribution >= 4 is 33.3 Å². The third kappa shape index (κ3) is 3.00. The average molecular weight is 382 g/mol. The summed E-state index contributed by atoms with van der Waals surface area (Å²) in [6.45, 7) is 3.89. The lowest BCUT2D eigenvalue weighted by atomic mass is 10.1. The van der Waals surface area contributed by atoms with Gasteiger partial charge in [0, 0.05) is 18.3 Å². The summed E-state index contributed by atoms with van der Waals surface area (Å²) in [7, 11) is -1.92. The Morgan fingerprint density at radius 3 is 2.50 bits per heavy atom. The van der Waals surface area contributed by atoms with Crippen LogP contribution in [0.5, 0.6) is 5.75 Å². The summed E-state index contributed by atoms with van der Waals surface area (Å²) in [6.07, 6.45) is 0.553. The first-order valence-corrected chi connectivity index (χ1v) is 9.92. The molecule has 1 saturated heterocycles. The van der Waals surface area contributed by atoms with Gasteiger partial charge in [-0.05, 0) is 24.0 Å². The molecule has 0 unspecified atom stereocenters. The van der Waals surface area contributed by atoms with Crippen LogP contribution in [0.25, 0.3) is 0 Å². The molecule has 1 aliphatic heterocycles. The molecule has 142 valence electrons. The number of carbonyl (C=O) groups excluding carboxylic acids is 1. The zero-order chi connectivity index (χ0) is 19.3. The third-order valence-electron chi connectivity index (χ3n) is 5.19. The van der Waals surface area contributed by atoms with E-state index in [1.165, 1.54) is 11.4 Å². The van der Waals surface area contributed by atoms with E-state index in [0.29, 0.717) is 30.1 Å². The number of anilines is 2. The van der Waals surface area contributed by atoms with Crippen molar-refractivity contribution in [2.75, 3.05) is 29.0 Å². The first-order valence-electron chi connectivity index (χ1n) is 8.31. The molecule has 2 aliphatic rings. The molecule has 1 saturated carbocycles. The minimum absolute atomic E-state index is 0.0992. The molecular formula is C17H22N2O6S. The van der Waals surface area contributed by atoms with Crippen LogP contribution in [0, 0.1) is 17.3 Å². The molecule has 2 atom stereocenters. The number of carboxylic acids is 1. The standard InChI is InChI=1S/C17H22N2O6S/c1-17(2)13(14(17)16(21)22)15(20)18-10-5-6-11(12(9-10)25-3)19-7-4-8-26(19,23)24/h5-6,9,13-14H,4,7-8H2,1-3H3,(H,18,20)(H,21,22)/t13-,14-/m1/s1. The second-order valence-corrected chi connectivity index (χ2v) is 9.25. The molecule has 3 rings (SSSR count). The van der Waals surface area contributed by atoms with Gasteiger partial charge < -0.3 is 15.2 Å². The van der Waals surface area contributed by atoms with E-state index in [0.717, 1.165) is 0 Å². The Bertz CT molecular complexity index is 864. The Labute approximate surface area is 152 Å². The molecule has 1 aliphatic carbocycles. The van der Waals surface area contributed by atoms with Gasteiger partial charge in [-0.2, -0.15) is 0 Å². The summed E-state index contributed by atoms with van der Waals surface area (Å²) >= 11 is 0. The Morgan fingerprint density at radius 1 is 1.31 bits per heavy atom. The number of rotatable bonds is 5. The van der Waals surface area contributed by atoms with Gasteiger partial charge in [0.05, 0.1) is 30.4 Å². The number of sulfonamides is 1. The van der Waals surface area contributed by atoms with Crippen LogP contribution in [-0.2, 0) is 19.6 Å². The maximum atomic E-state index is 12.4. The Morgan fingerprint density at radius 2 is 2.00 bits per heavy atom. The van der Waals surface area contributed by atoms with Crippen molar-refractivity contribution in [3.63, 3.8) is 0 Å². The fraction of sp³-hybridized carbons (Fsp3) is 0.529. The lowest BCUT2D eigenvalue weighted by Gasteiger charge is -2.20. The number of hydrogen-bond donors (Lipinski definition) is 2. The van der Waals surface area contributed by atoms with Crippen LogP contribution in [-0.4, -0.2) is 44.8 Å². The van der Waals surface area contributed by atoms with Crippen LogP contribution in [0.15, 0.2) is 18.2 Å². The summed E-state index contributed by atoms with van der Waals surface area (Å²) < 4.78 is 30.8. The van der Waals surface area contributed by atoms with E-state index in [-0.39, 0.29) is 11.7 Å². The van der Waals surface area contributed by atoms with E-state index in [4.69, 9.17) is 4.74 Å². The number of benzene rings is 1. The van der Waals surface area contributed by atoms with Crippen LogP contribution in [0.2, 0.25) is 0 Å². The fourth-order valence-corrected chi connectivity index (χ4v) is 5.25. The van der Waals surface area contributed by atoms with Crippen molar-refractivity contribution < 1.29 is 27.9 Å². The topological polar surface area (TPSA) is 113 Å². The van der Waals surface area contributed by atoms with Gasteiger partial charge in [-0.3, -0.25) is 13.9 Å². The monoisotopic (exact) mass is 382 g/mol. The zero-order valence-electron chi connectivity index (χ0n) is 14.9. The average Bonchev–Trinajstić information content (AvgIpc) is 2.97. The number of methoxy groups -OCH3 is 1. The zero-order valence-corrected chi connectivity index (χ0v) is 15.7. The fourth-order valence-electron chi connectivity index (χ4n) is 3.68. The highest BCUT2D eigenvalue weighted by atomic mass is 32.2. The second kappa shape index (κ2) is 6.15. The molecular weight excluding hydrogens is 360 g/mol. The Hall–Kier alpha value is -2.29. The quantitative estimate of drug-likeness (QED) is 0.798. The normalized spacial score (nSPS) is 25.6. The summed E-state index contributed by atoms with van der Waals surface area (Å²) in [6, 6.07) is 4.73. The SMILES string of the molecule is COc1cc(NC(=O)[C@H]2[C@H](C(=O)O)C2(C)C)ccc1N1CCCS1(=O)=O. The summed E-state index contributed by atoms with van der Waals surface area (Å²) in [4.78, 5) is 23.7. The van der Waals surface area contributed by atoms with E-state index in [2.05, 4.69) is 5.32 Å². The van der Waals surface area contributed by atoms with Crippen molar-refractivity contribution in [2.45, 2.75) is 20.3 Å². The van der Waals surface area contributed by atoms with Crippen LogP contribution < -0.4 is 14.4 Å². The molecule has 0 aromatic heterocycles. The number of nitrogens with zero attached hydrogens (tertiary/aromatic N) is 1. The van der Waals surface area contributed by atoms with Crippen LogP contribution in [0.4, 0.5) is 11.4 Å². The molecule has 8 nitrogen and oxygen atoms in total. The minimum Gasteiger partial charge on any atom is -0.494 e. The molecule has 2 N–H and O–H groups in total. The third-order valence-corrected chi connectivity index (χ3v) is 7.05. The molecule has 0 spiro atoms. The smallest absolute Gasteiger partial charge is 0.307 e. The lowest BCUT2D eigenvalue weighted by Crippen LogP contribution is -2.25. The van der Waals surface area contributed by atoms with Crippen molar-refractivity contribution in [1.29, 1.82) is 0 Å². The maximum Gasteiger partial charge on any atom is 0.307 e. The number of ether oxygens (including phenoxy) is 1. The van der Waals surface area contributed by atoms with E-state index in [9.17, 15) is 23.1 Å². The molecule has 0 bridgehead atoms. The first kappa shape index (κ1) is 18.5. The van der Waals surface area contributed by atoms with Crippen LogP contribution >= 0.6 is 0 Å². The lowest BCUT2D eigenvalue weighted by molar-refractivity contribution is -0.140. The van der Waals surface area contributed by atoms with Gasteiger partial charge in [0.2, 0.25) is 15.9 Å². The molecule has 1 amide bonds. The van der Waals surface area contributed by atoms with Gasteiger partial charge in [0.15, 0.2) is 0 Å². The molecule has 1 aromatic rings. The van der Waals surface area contributed by atoms with Crippen LogP contribution in [0.3, 0.4) is 0 Å². The van der Waals surface area contributed by atoms with Gasteiger partial charge in [-0.25, -0.2) is 8.42 Å². The van der Waals surface area contributed by atoms with E-state index >= 15 is 0 Å². The second-order valence-electron chi connectivity index (χ2n) is 7.23. The number of carboxylic acid groups (broad SMARTS) is 1. The van der Waals surface area contributed by atoms with Crippen molar-refractivity contribution in [1.82, 2.24) is 0 Å². The van der Waals surface area contributed by atoms with E-state index < -0.39 is 33.2 Å². The van der Waals surface area contributed by atoms with Gasteiger partial charge in [0.1, 0.15) is 5.75 Å². The van der Waals surface area contributed by atoms with Crippen LogP contribution in [0.1, 0.15) is 20.3 Å². The molecule has 9 heteroatoms. The Balaban J connectivity index is 1.80. The number of carbonyl (C=O) groups is 2. The number of hydrogen-bond acceptors (Lipinski definition) is 5. The minimum atomic E-state index is -3.34. The summed E-state index contributed by atoms with van der Waals surface area (Å²) in [5.41, 5.74) is 0.265. The molecule has 1 aromatic carbocycles. The number of aliphatic carboxylic acids is 1. The maximum absolute atomic E-state index is 12.4. The predicted octanol–water partition coefficient (Wildman–Crippen LogP) is 1.53. The Kier molecular flexibility index (Phi) is 4.38. The molecule has 2 fully saturated rings. The van der Waals surface area contributed by atoms with Gasteiger partial charge in [-0.15, -0.1) is 0 Å². The van der Waals surface area contributed by atoms with Gasteiger partial charge in [-0.1, -0.05) is 13.8 Å². The van der Waals surface area contributed by atoms with Crippen molar-refractivity contribution in [3.8, 4) is 5.75 Å². The van der Waals surface area contributed by atoms with E-state index in [1.54, 1.807) is 32.0 Å². The summed E-state index contributed by atoms with van der Waals surface area (Å²) in [5, 5.41) is 11.9. The van der Waals surface area contributed by atoms with Gasteiger partial charge >= 0.3 is 5.97 Å². The molecule has 26 heavy (non-hydrogen) atoms. The van der Waals surface area contributed by atoms with Crippen molar-refractivity contribution in [2.24, 2.45) is 17.3 Å². The first-order chi connectivity index (χ1) is 12.1. The van der Waals surface area contributed by atoms with Gasteiger partial charge in [0.25, 0.3) is 0 Å². The molecule has 0 radical (unpaired) electrons. The van der Waals surface area contributed by atoms with E-state index in [1.807, 2.05) is 0 Å². The predicted molar refractivity (Wildman–Crippen MR) is 95.8 cm³/mol. The largest absolute Gasteiger partial charge is 0.494 e. The number of nitrogens with one attached hydrogen (secondary N) is 1. The highest BCUT2D eigenvalue weighted by Crippen LogP contribution is 2.58. The highest BCUT2D eigenvalue weighted by Gasteiger charge is 2.65. The highest BCUT2D eigenvalue weighted by molar-refractivity contribution is 7.93.